The number of anilines is 2. The van der Waals surface area contributed by atoms with E-state index in [0.717, 1.165) is 16.9 Å². The van der Waals surface area contributed by atoms with Crippen molar-refractivity contribution in [2.75, 3.05) is 18.4 Å². The van der Waals surface area contributed by atoms with Gasteiger partial charge in [-0.1, -0.05) is 44.2 Å². The minimum Gasteiger partial charge on any atom is -0.340 e. The van der Waals surface area contributed by atoms with E-state index in [2.05, 4.69) is 15.3 Å². The van der Waals surface area contributed by atoms with E-state index in [9.17, 15) is 8.42 Å². The molecule has 0 radical (unpaired) electrons. The predicted molar refractivity (Wildman–Crippen MR) is 107 cm³/mol. The molecule has 2 aromatic carbocycles. The van der Waals surface area contributed by atoms with Gasteiger partial charge in [-0.3, -0.25) is 0 Å². The number of benzene rings is 2. The van der Waals surface area contributed by atoms with Crippen LogP contribution < -0.4 is 5.32 Å². The maximum absolute atomic E-state index is 12.6. The lowest BCUT2D eigenvalue weighted by molar-refractivity contribution is 0.445. The van der Waals surface area contributed by atoms with Gasteiger partial charge in [0.05, 0.1) is 10.6 Å². The van der Waals surface area contributed by atoms with Gasteiger partial charge in [-0.15, -0.1) is 0 Å². The minimum absolute atomic E-state index is 0.282. The first-order valence-electron chi connectivity index (χ1n) is 8.79. The van der Waals surface area contributed by atoms with Gasteiger partial charge in [-0.25, -0.2) is 18.4 Å². The molecule has 3 aromatic rings. The first kappa shape index (κ1) is 19.0. The van der Waals surface area contributed by atoms with E-state index in [1.165, 1.54) is 10.6 Å². The molecule has 0 unspecified atom stereocenters. The van der Waals surface area contributed by atoms with Crippen molar-refractivity contribution >= 4 is 21.5 Å². The first-order valence-corrected chi connectivity index (χ1v) is 10.2. The maximum Gasteiger partial charge on any atom is 0.243 e. The summed E-state index contributed by atoms with van der Waals surface area (Å²) >= 11 is 0. The molecule has 1 aromatic heterocycles. The number of nitrogens with zero attached hydrogens (tertiary/aromatic N) is 3. The van der Waals surface area contributed by atoms with Gasteiger partial charge in [0.2, 0.25) is 10.0 Å². The van der Waals surface area contributed by atoms with Gasteiger partial charge in [0.15, 0.2) is 0 Å². The lowest BCUT2D eigenvalue weighted by Crippen LogP contribution is -2.30. The lowest BCUT2D eigenvalue weighted by atomic mass is 10.1. The number of sulfonamides is 1. The summed E-state index contributed by atoms with van der Waals surface area (Å²) in [6, 6.07) is 18.4. The molecule has 0 aliphatic heterocycles. The second-order valence-corrected chi connectivity index (χ2v) is 7.83. The molecular weight excluding hydrogens is 360 g/mol. The summed E-state index contributed by atoms with van der Waals surface area (Å²) < 4.78 is 26.5. The Balaban J connectivity index is 1.80. The number of hydrogen-bond acceptors (Lipinski definition) is 5. The topological polar surface area (TPSA) is 75.2 Å². The van der Waals surface area contributed by atoms with Crippen molar-refractivity contribution in [2.45, 2.75) is 18.7 Å². The maximum atomic E-state index is 12.6. The van der Waals surface area contributed by atoms with Crippen molar-refractivity contribution in [3.63, 3.8) is 0 Å². The van der Waals surface area contributed by atoms with Gasteiger partial charge in [0.25, 0.3) is 0 Å². The summed E-state index contributed by atoms with van der Waals surface area (Å²) in [5, 5.41) is 3.19. The quantitative estimate of drug-likeness (QED) is 0.670. The second kappa shape index (κ2) is 8.28. The average molecular weight is 382 g/mol. The first-order chi connectivity index (χ1) is 13.0. The zero-order chi connectivity index (χ0) is 19.3. The van der Waals surface area contributed by atoms with Crippen LogP contribution in [0.1, 0.15) is 13.8 Å². The van der Waals surface area contributed by atoms with E-state index in [1.807, 2.05) is 50.2 Å². The Morgan fingerprint density at radius 3 is 2.22 bits per heavy atom. The van der Waals surface area contributed by atoms with Gasteiger partial charge >= 0.3 is 0 Å². The summed E-state index contributed by atoms with van der Waals surface area (Å²) in [6.45, 7) is 4.55. The van der Waals surface area contributed by atoms with Crippen LogP contribution in [0.3, 0.4) is 0 Å². The molecule has 0 spiro atoms. The third kappa shape index (κ3) is 4.32. The molecule has 3 rings (SSSR count). The van der Waals surface area contributed by atoms with Gasteiger partial charge in [-0.05, 0) is 24.3 Å². The standard InChI is InChI=1S/C20H22N4O2S/c1-3-24(4-2)27(25,26)18-12-10-17(11-13-18)23-20-14-19(21-15-22-20)16-8-6-5-7-9-16/h5-15H,3-4H2,1-2H3,(H,21,22,23). The second-order valence-electron chi connectivity index (χ2n) is 5.89. The van der Waals surface area contributed by atoms with Crippen LogP contribution in [0.25, 0.3) is 11.3 Å². The van der Waals surface area contributed by atoms with Gasteiger partial charge in [-0.2, -0.15) is 4.31 Å². The number of hydrogen-bond donors (Lipinski definition) is 1. The molecule has 0 fully saturated rings. The van der Waals surface area contributed by atoms with Gasteiger partial charge < -0.3 is 5.32 Å². The molecule has 0 aliphatic carbocycles. The summed E-state index contributed by atoms with van der Waals surface area (Å²) in [4.78, 5) is 8.82. The van der Waals surface area contributed by atoms with Crippen molar-refractivity contribution in [3.8, 4) is 11.3 Å². The zero-order valence-electron chi connectivity index (χ0n) is 15.3. The monoisotopic (exact) mass is 382 g/mol. The van der Waals surface area contributed by atoms with E-state index in [0.29, 0.717) is 18.9 Å². The van der Waals surface area contributed by atoms with Crippen molar-refractivity contribution in [1.82, 2.24) is 14.3 Å². The molecule has 0 saturated carbocycles. The summed E-state index contributed by atoms with van der Waals surface area (Å²) in [5.74, 6) is 0.642. The van der Waals surface area contributed by atoms with Crippen molar-refractivity contribution < 1.29 is 8.42 Å². The smallest absolute Gasteiger partial charge is 0.243 e. The summed E-state index contributed by atoms with van der Waals surface area (Å²) in [5.41, 5.74) is 2.57. The van der Waals surface area contributed by atoms with E-state index in [-0.39, 0.29) is 4.90 Å². The number of nitrogens with one attached hydrogen (secondary N) is 1. The third-order valence-corrected chi connectivity index (χ3v) is 6.27. The average Bonchev–Trinajstić information content (AvgIpc) is 2.70. The molecule has 0 amide bonds. The van der Waals surface area contributed by atoms with Crippen molar-refractivity contribution in [1.29, 1.82) is 0 Å². The fourth-order valence-corrected chi connectivity index (χ4v) is 4.22. The molecule has 140 valence electrons. The highest BCUT2D eigenvalue weighted by Crippen LogP contribution is 2.23. The minimum atomic E-state index is -3.45. The van der Waals surface area contributed by atoms with Crippen LogP contribution in [0.5, 0.6) is 0 Å². The van der Waals surface area contributed by atoms with Crippen molar-refractivity contribution in [3.05, 3.63) is 67.0 Å². The Kier molecular flexibility index (Phi) is 5.83. The normalized spacial score (nSPS) is 11.5. The summed E-state index contributed by atoms with van der Waals surface area (Å²) in [6.07, 6.45) is 1.50. The Hall–Kier alpha value is -2.77. The highest BCUT2D eigenvalue weighted by Gasteiger charge is 2.21. The Morgan fingerprint density at radius 2 is 1.59 bits per heavy atom. The fraction of sp³-hybridized carbons (Fsp3) is 0.200. The van der Waals surface area contributed by atoms with E-state index < -0.39 is 10.0 Å². The van der Waals surface area contributed by atoms with Crippen LogP contribution in [-0.2, 0) is 10.0 Å². The highest BCUT2D eigenvalue weighted by atomic mass is 32.2. The number of aromatic nitrogens is 2. The summed E-state index contributed by atoms with van der Waals surface area (Å²) in [7, 11) is -3.45. The van der Waals surface area contributed by atoms with Crippen molar-refractivity contribution in [2.24, 2.45) is 0 Å². The van der Waals surface area contributed by atoms with Crippen LogP contribution in [0.15, 0.2) is 71.9 Å². The molecular formula is C20H22N4O2S. The van der Waals surface area contributed by atoms with Crippen LogP contribution >= 0.6 is 0 Å². The molecule has 0 saturated heterocycles. The lowest BCUT2D eigenvalue weighted by Gasteiger charge is -2.18. The molecule has 0 aliphatic rings. The Bertz CT molecular complexity index is 986. The van der Waals surface area contributed by atoms with E-state index in [4.69, 9.17) is 0 Å². The molecule has 7 heteroatoms. The predicted octanol–water partition coefficient (Wildman–Crippen LogP) is 3.92. The number of rotatable bonds is 7. The Morgan fingerprint density at radius 1 is 0.926 bits per heavy atom. The molecule has 6 nitrogen and oxygen atoms in total. The van der Waals surface area contributed by atoms with Crippen LogP contribution in [0, 0.1) is 0 Å². The fourth-order valence-electron chi connectivity index (χ4n) is 2.76. The highest BCUT2D eigenvalue weighted by molar-refractivity contribution is 7.89. The van der Waals surface area contributed by atoms with Crippen LogP contribution in [0.2, 0.25) is 0 Å². The molecule has 27 heavy (non-hydrogen) atoms. The molecule has 1 heterocycles. The van der Waals surface area contributed by atoms with Crippen LogP contribution in [0.4, 0.5) is 11.5 Å². The van der Waals surface area contributed by atoms with Gasteiger partial charge in [0.1, 0.15) is 12.1 Å². The van der Waals surface area contributed by atoms with Gasteiger partial charge in [0, 0.05) is 30.4 Å². The molecule has 1 N–H and O–H groups in total. The van der Waals surface area contributed by atoms with Crippen LogP contribution in [-0.4, -0.2) is 35.8 Å². The largest absolute Gasteiger partial charge is 0.340 e. The van der Waals surface area contributed by atoms with E-state index >= 15 is 0 Å². The zero-order valence-corrected chi connectivity index (χ0v) is 16.1. The molecule has 0 atom stereocenters. The molecule has 0 bridgehead atoms. The Labute approximate surface area is 160 Å². The SMILES string of the molecule is CCN(CC)S(=O)(=O)c1ccc(Nc2cc(-c3ccccc3)ncn2)cc1. The third-order valence-electron chi connectivity index (χ3n) is 4.21. The van der Waals surface area contributed by atoms with E-state index in [1.54, 1.807) is 24.3 Å².